The zero-order valence-corrected chi connectivity index (χ0v) is 19.3. The van der Waals surface area contributed by atoms with Crippen LogP contribution in [0.3, 0.4) is 0 Å². The van der Waals surface area contributed by atoms with Gasteiger partial charge in [0.25, 0.3) is 0 Å². The van der Waals surface area contributed by atoms with Gasteiger partial charge in [0.1, 0.15) is 5.82 Å². The molecule has 0 spiro atoms. The first-order valence-corrected chi connectivity index (χ1v) is 12.4. The predicted molar refractivity (Wildman–Crippen MR) is 122 cm³/mol. The lowest BCUT2D eigenvalue weighted by atomic mass is 10.2. The van der Waals surface area contributed by atoms with Gasteiger partial charge in [-0.15, -0.1) is 5.10 Å². The van der Waals surface area contributed by atoms with Gasteiger partial charge in [-0.3, -0.25) is 4.90 Å². The number of piperazine rings is 1. The van der Waals surface area contributed by atoms with Crippen molar-refractivity contribution in [3.63, 3.8) is 0 Å². The minimum atomic E-state index is -3.71. The number of sulfonamides is 1. The third-order valence-electron chi connectivity index (χ3n) is 5.01. The maximum absolute atomic E-state index is 13.4. The van der Waals surface area contributed by atoms with Crippen molar-refractivity contribution in [2.45, 2.75) is 18.5 Å². The van der Waals surface area contributed by atoms with Gasteiger partial charge < -0.3 is 5.32 Å². The van der Waals surface area contributed by atoms with Gasteiger partial charge in [-0.25, -0.2) is 17.5 Å². The molecule has 0 atom stereocenters. The van der Waals surface area contributed by atoms with Crippen molar-refractivity contribution in [1.29, 1.82) is 0 Å². The van der Waals surface area contributed by atoms with Crippen molar-refractivity contribution in [2.75, 3.05) is 31.5 Å². The number of hydrogen-bond donors (Lipinski definition) is 1. The number of rotatable bonds is 6. The molecule has 0 amide bonds. The zero-order chi connectivity index (χ0) is 22.0. The molecular weight excluding hydrogens is 457 g/mol. The van der Waals surface area contributed by atoms with Crippen LogP contribution in [0, 0.1) is 16.7 Å². The molecule has 2 heterocycles. The van der Waals surface area contributed by atoms with E-state index in [-0.39, 0.29) is 4.90 Å². The summed E-state index contributed by atoms with van der Waals surface area (Å²) in [5, 5.41) is 8.52. The summed E-state index contributed by atoms with van der Waals surface area (Å²) in [6.45, 7) is 4.24. The average molecular weight is 480 g/mol. The van der Waals surface area contributed by atoms with Crippen LogP contribution in [0.5, 0.6) is 0 Å². The third-order valence-corrected chi connectivity index (χ3v) is 8.13. The summed E-state index contributed by atoms with van der Waals surface area (Å²) in [5.74, 6) is -0.562. The van der Waals surface area contributed by atoms with E-state index in [1.807, 2.05) is 31.2 Å². The molecule has 7 nitrogen and oxygen atoms in total. The molecule has 1 N–H and O–H groups in total. The summed E-state index contributed by atoms with van der Waals surface area (Å²) in [5.41, 5.74) is 2.12. The first-order chi connectivity index (χ1) is 14.8. The third kappa shape index (κ3) is 5.18. The number of halogens is 1. The molecule has 0 radical (unpaired) electrons. The lowest BCUT2D eigenvalue weighted by Gasteiger charge is -2.33. The minimum absolute atomic E-state index is 0.0190. The van der Waals surface area contributed by atoms with Crippen LogP contribution in [0.1, 0.15) is 5.56 Å². The van der Waals surface area contributed by atoms with Gasteiger partial charge in [-0.2, -0.15) is 4.31 Å². The number of aromatic nitrogens is 2. The van der Waals surface area contributed by atoms with Crippen LogP contribution >= 0.6 is 23.6 Å². The van der Waals surface area contributed by atoms with Crippen LogP contribution in [0.2, 0.25) is 0 Å². The number of benzene rings is 2. The van der Waals surface area contributed by atoms with Crippen LogP contribution in [0.15, 0.2) is 53.4 Å². The van der Waals surface area contributed by atoms with E-state index in [4.69, 9.17) is 12.2 Å². The van der Waals surface area contributed by atoms with Gasteiger partial charge in [0, 0.05) is 31.9 Å². The fourth-order valence-corrected chi connectivity index (χ4v) is 5.75. The Labute approximate surface area is 189 Å². The maximum Gasteiger partial charge on any atom is 0.243 e. The number of aryl methyl sites for hydroxylation is 1. The first-order valence-electron chi connectivity index (χ1n) is 9.71. The Kier molecular flexibility index (Phi) is 6.49. The van der Waals surface area contributed by atoms with E-state index in [0.717, 1.165) is 11.8 Å². The van der Waals surface area contributed by atoms with E-state index in [2.05, 4.69) is 15.3 Å². The highest BCUT2D eigenvalue weighted by Crippen LogP contribution is 2.22. The van der Waals surface area contributed by atoms with E-state index in [1.165, 1.54) is 39.4 Å². The van der Waals surface area contributed by atoms with Gasteiger partial charge in [0.2, 0.25) is 15.2 Å². The van der Waals surface area contributed by atoms with Crippen molar-refractivity contribution >= 4 is 44.4 Å². The molecular formula is C20H22FN5O2S3. The number of nitrogens with one attached hydrogen (secondary N) is 1. The number of nitrogens with zero attached hydrogens (tertiary/aromatic N) is 4. The van der Waals surface area contributed by atoms with E-state index in [0.29, 0.717) is 41.9 Å². The molecule has 2 aromatic carbocycles. The molecule has 31 heavy (non-hydrogen) atoms. The molecule has 0 aliphatic carbocycles. The first kappa shape index (κ1) is 22.0. The molecule has 1 aliphatic rings. The Morgan fingerprint density at radius 3 is 2.52 bits per heavy atom. The monoisotopic (exact) mass is 479 g/mol. The van der Waals surface area contributed by atoms with Crippen molar-refractivity contribution in [3.8, 4) is 0 Å². The number of hydrogen-bond acceptors (Lipinski definition) is 7. The fourth-order valence-electron chi connectivity index (χ4n) is 3.28. The van der Waals surface area contributed by atoms with Crippen LogP contribution in [-0.2, 0) is 16.7 Å². The van der Waals surface area contributed by atoms with Crippen molar-refractivity contribution in [1.82, 2.24) is 19.0 Å². The molecule has 0 unspecified atom stereocenters. The van der Waals surface area contributed by atoms with E-state index in [9.17, 15) is 12.8 Å². The Hall–Kier alpha value is -2.18. The highest BCUT2D eigenvalue weighted by Gasteiger charge is 2.29. The average Bonchev–Trinajstić information content (AvgIpc) is 3.09. The SMILES string of the molecule is Cc1ccc(Nc2nn(CN3CCN(S(=O)(=O)c4cccc(F)c4)CC3)c(=S)s2)cc1. The maximum atomic E-state index is 13.4. The molecule has 1 aromatic heterocycles. The van der Waals surface area contributed by atoms with Crippen LogP contribution < -0.4 is 5.32 Å². The number of anilines is 2. The normalized spacial score (nSPS) is 15.8. The molecule has 1 aliphatic heterocycles. The molecule has 4 rings (SSSR count). The fraction of sp³-hybridized carbons (Fsp3) is 0.300. The van der Waals surface area contributed by atoms with Gasteiger partial charge in [0.05, 0.1) is 11.6 Å². The largest absolute Gasteiger partial charge is 0.330 e. The minimum Gasteiger partial charge on any atom is -0.330 e. The summed E-state index contributed by atoms with van der Waals surface area (Å²) in [6, 6.07) is 13.1. The van der Waals surface area contributed by atoms with E-state index < -0.39 is 15.8 Å². The van der Waals surface area contributed by atoms with E-state index in [1.54, 1.807) is 4.68 Å². The molecule has 1 saturated heterocycles. The van der Waals surface area contributed by atoms with Crippen molar-refractivity contribution in [2.24, 2.45) is 0 Å². The molecule has 1 fully saturated rings. The van der Waals surface area contributed by atoms with Crippen LogP contribution in [0.4, 0.5) is 15.2 Å². The summed E-state index contributed by atoms with van der Waals surface area (Å²) < 4.78 is 42.7. The molecule has 11 heteroatoms. The topological polar surface area (TPSA) is 70.5 Å². The van der Waals surface area contributed by atoms with Crippen LogP contribution in [-0.4, -0.2) is 53.6 Å². The molecule has 3 aromatic rings. The predicted octanol–water partition coefficient (Wildman–Crippen LogP) is 3.83. The molecule has 0 bridgehead atoms. The second kappa shape index (κ2) is 9.13. The summed E-state index contributed by atoms with van der Waals surface area (Å²) >= 11 is 6.84. The van der Waals surface area contributed by atoms with Crippen molar-refractivity contribution < 1.29 is 12.8 Å². The summed E-state index contributed by atoms with van der Waals surface area (Å²) in [4.78, 5) is 2.08. The van der Waals surface area contributed by atoms with Crippen LogP contribution in [0.25, 0.3) is 0 Å². The lowest BCUT2D eigenvalue weighted by molar-refractivity contribution is 0.145. The van der Waals surface area contributed by atoms with Gasteiger partial charge in [-0.1, -0.05) is 35.1 Å². The Morgan fingerprint density at radius 2 is 1.84 bits per heavy atom. The summed E-state index contributed by atoms with van der Waals surface area (Å²) in [7, 11) is -3.71. The highest BCUT2D eigenvalue weighted by atomic mass is 32.2. The zero-order valence-electron chi connectivity index (χ0n) is 16.9. The van der Waals surface area contributed by atoms with Gasteiger partial charge in [-0.05, 0) is 49.5 Å². The standard InChI is InChI=1S/C20H22FN5O2S3/c1-15-5-7-17(8-6-15)22-19-23-26(20(29)30-19)14-24-9-11-25(12-10-24)31(27,28)18-4-2-3-16(21)13-18/h2-8,13H,9-12,14H2,1H3,(H,22,23). The second-order valence-corrected chi connectivity index (χ2v) is 10.8. The molecule has 0 saturated carbocycles. The Morgan fingerprint density at radius 1 is 1.13 bits per heavy atom. The smallest absolute Gasteiger partial charge is 0.243 e. The van der Waals surface area contributed by atoms with Crippen molar-refractivity contribution in [3.05, 3.63) is 63.9 Å². The highest BCUT2D eigenvalue weighted by molar-refractivity contribution is 7.89. The Balaban J connectivity index is 1.37. The summed E-state index contributed by atoms with van der Waals surface area (Å²) in [6.07, 6.45) is 0. The van der Waals surface area contributed by atoms with Gasteiger partial charge >= 0.3 is 0 Å². The molecule has 164 valence electrons. The second-order valence-electron chi connectivity index (χ2n) is 7.28. The lowest BCUT2D eigenvalue weighted by Crippen LogP contribution is -2.48. The van der Waals surface area contributed by atoms with E-state index >= 15 is 0 Å². The Bertz CT molecular complexity index is 1220. The quantitative estimate of drug-likeness (QED) is 0.542. The van der Waals surface area contributed by atoms with Gasteiger partial charge in [0.15, 0.2) is 3.95 Å².